The van der Waals surface area contributed by atoms with Crippen molar-refractivity contribution in [1.82, 2.24) is 5.32 Å². The molecule has 0 saturated carbocycles. The molecule has 3 atom stereocenters. The zero-order valence-corrected chi connectivity index (χ0v) is 7.29. The van der Waals surface area contributed by atoms with Gasteiger partial charge in [-0.25, -0.2) is 0 Å². The van der Waals surface area contributed by atoms with Crippen molar-refractivity contribution in [2.45, 2.75) is 30.7 Å². The van der Waals surface area contributed by atoms with Gasteiger partial charge in [0.05, 0.1) is 12.2 Å². The summed E-state index contributed by atoms with van der Waals surface area (Å²) in [4.78, 5) is 0. The van der Waals surface area contributed by atoms with E-state index in [0.717, 1.165) is 19.4 Å². The lowest BCUT2D eigenvalue weighted by molar-refractivity contribution is -0.102. The molecule has 0 amide bonds. The van der Waals surface area contributed by atoms with Crippen LogP contribution in [-0.4, -0.2) is 36.5 Å². The monoisotopic (exact) mass is 169 g/mol. The highest BCUT2D eigenvalue weighted by Gasteiger charge is 2.41. The van der Waals surface area contributed by atoms with Crippen LogP contribution >= 0.6 is 0 Å². The zero-order chi connectivity index (χ0) is 8.60. The molecule has 1 fully saturated rings. The zero-order valence-electron chi connectivity index (χ0n) is 7.29. The SMILES string of the molecule is CNC[C@]12C=C[C@@H](C[C@H](O)C1)O2. The minimum absolute atomic E-state index is 0.141. The molecule has 68 valence electrons. The molecule has 0 spiro atoms. The quantitative estimate of drug-likeness (QED) is 0.574. The highest BCUT2D eigenvalue weighted by molar-refractivity contribution is 5.16. The first-order chi connectivity index (χ1) is 5.74. The normalized spacial score (nSPS) is 45.2. The van der Waals surface area contributed by atoms with Crippen molar-refractivity contribution in [3.8, 4) is 0 Å². The van der Waals surface area contributed by atoms with E-state index in [1.165, 1.54) is 0 Å². The van der Waals surface area contributed by atoms with E-state index >= 15 is 0 Å². The Bertz CT molecular complexity index is 205. The van der Waals surface area contributed by atoms with Crippen LogP contribution in [-0.2, 0) is 4.74 Å². The fraction of sp³-hybridized carbons (Fsp3) is 0.778. The van der Waals surface area contributed by atoms with E-state index in [0.29, 0.717) is 0 Å². The van der Waals surface area contributed by atoms with Gasteiger partial charge in [-0.3, -0.25) is 0 Å². The Balaban J connectivity index is 2.10. The van der Waals surface area contributed by atoms with Crippen LogP contribution in [0.5, 0.6) is 0 Å². The van der Waals surface area contributed by atoms with Gasteiger partial charge in [-0.15, -0.1) is 0 Å². The van der Waals surface area contributed by atoms with Crippen LogP contribution in [0.15, 0.2) is 12.2 Å². The molecule has 0 aliphatic carbocycles. The summed E-state index contributed by atoms with van der Waals surface area (Å²) in [5.41, 5.74) is -0.225. The molecule has 3 heteroatoms. The third-order valence-corrected chi connectivity index (χ3v) is 2.56. The average molecular weight is 169 g/mol. The summed E-state index contributed by atoms with van der Waals surface area (Å²) < 4.78 is 5.76. The first-order valence-electron chi connectivity index (χ1n) is 4.44. The molecule has 12 heavy (non-hydrogen) atoms. The predicted molar refractivity (Wildman–Crippen MR) is 45.9 cm³/mol. The average Bonchev–Trinajstić information content (AvgIpc) is 2.27. The van der Waals surface area contributed by atoms with Gasteiger partial charge in [-0.2, -0.15) is 0 Å². The maximum absolute atomic E-state index is 9.53. The Morgan fingerprint density at radius 2 is 2.58 bits per heavy atom. The van der Waals surface area contributed by atoms with Crippen LogP contribution in [0.25, 0.3) is 0 Å². The summed E-state index contributed by atoms with van der Waals surface area (Å²) >= 11 is 0. The molecule has 0 aromatic heterocycles. The molecule has 2 aliphatic heterocycles. The summed E-state index contributed by atoms with van der Waals surface area (Å²) in [7, 11) is 1.90. The number of rotatable bonds is 2. The lowest BCUT2D eigenvalue weighted by atomic mass is 9.94. The lowest BCUT2D eigenvalue weighted by Gasteiger charge is -2.35. The number of hydrogen-bond acceptors (Lipinski definition) is 3. The van der Waals surface area contributed by atoms with Crippen molar-refractivity contribution in [1.29, 1.82) is 0 Å². The van der Waals surface area contributed by atoms with Crippen LogP contribution in [0.4, 0.5) is 0 Å². The highest BCUT2D eigenvalue weighted by atomic mass is 16.5. The largest absolute Gasteiger partial charge is 0.393 e. The van der Waals surface area contributed by atoms with E-state index in [9.17, 15) is 5.11 Å². The third-order valence-electron chi connectivity index (χ3n) is 2.56. The maximum Gasteiger partial charge on any atom is 0.102 e. The first kappa shape index (κ1) is 8.23. The van der Waals surface area contributed by atoms with Gasteiger partial charge in [0.1, 0.15) is 5.60 Å². The second kappa shape index (κ2) is 2.83. The van der Waals surface area contributed by atoms with Gasteiger partial charge in [0, 0.05) is 19.4 Å². The molecule has 0 aromatic carbocycles. The molecule has 2 heterocycles. The number of ether oxygens (including phenoxy) is 1. The van der Waals surface area contributed by atoms with E-state index in [-0.39, 0.29) is 17.8 Å². The Hall–Kier alpha value is -0.380. The summed E-state index contributed by atoms with van der Waals surface area (Å²) in [6.07, 6.45) is 5.56. The van der Waals surface area contributed by atoms with Crippen molar-refractivity contribution in [3.63, 3.8) is 0 Å². The van der Waals surface area contributed by atoms with Crippen molar-refractivity contribution < 1.29 is 9.84 Å². The van der Waals surface area contributed by atoms with Gasteiger partial charge >= 0.3 is 0 Å². The fourth-order valence-corrected chi connectivity index (χ4v) is 2.13. The van der Waals surface area contributed by atoms with E-state index in [1.54, 1.807) is 0 Å². The molecular weight excluding hydrogens is 154 g/mol. The molecule has 0 radical (unpaired) electrons. The van der Waals surface area contributed by atoms with E-state index in [1.807, 2.05) is 7.05 Å². The van der Waals surface area contributed by atoms with Crippen molar-refractivity contribution in [2.75, 3.05) is 13.6 Å². The summed E-state index contributed by atoms with van der Waals surface area (Å²) in [6, 6.07) is 0. The van der Waals surface area contributed by atoms with Gasteiger partial charge in [-0.05, 0) is 7.05 Å². The Labute approximate surface area is 72.4 Å². The minimum Gasteiger partial charge on any atom is -0.393 e. The molecule has 1 saturated heterocycles. The Kier molecular flexibility index (Phi) is 1.94. The number of likely N-dealkylation sites (N-methyl/N-ethyl adjacent to an activating group) is 1. The second-order valence-corrected chi connectivity index (χ2v) is 3.70. The van der Waals surface area contributed by atoms with Crippen LogP contribution in [0.1, 0.15) is 12.8 Å². The molecule has 2 N–H and O–H groups in total. The van der Waals surface area contributed by atoms with Crippen LogP contribution in [0.2, 0.25) is 0 Å². The first-order valence-corrected chi connectivity index (χ1v) is 4.44. The number of aliphatic hydroxyl groups is 1. The Morgan fingerprint density at radius 3 is 3.33 bits per heavy atom. The summed E-state index contributed by atoms with van der Waals surface area (Å²) in [5.74, 6) is 0. The Morgan fingerprint density at radius 1 is 1.75 bits per heavy atom. The van der Waals surface area contributed by atoms with Gasteiger partial charge in [-0.1, -0.05) is 12.2 Å². The summed E-state index contributed by atoms with van der Waals surface area (Å²) in [6.45, 7) is 0.789. The topological polar surface area (TPSA) is 41.5 Å². The van der Waals surface area contributed by atoms with E-state index in [4.69, 9.17) is 4.74 Å². The van der Waals surface area contributed by atoms with Gasteiger partial charge in [0.2, 0.25) is 0 Å². The second-order valence-electron chi connectivity index (χ2n) is 3.70. The lowest BCUT2D eigenvalue weighted by Crippen LogP contribution is -2.46. The third kappa shape index (κ3) is 1.28. The molecule has 0 aromatic rings. The molecular formula is C9H15NO2. The van der Waals surface area contributed by atoms with E-state index < -0.39 is 0 Å². The fourth-order valence-electron chi connectivity index (χ4n) is 2.13. The maximum atomic E-state index is 9.53. The van der Waals surface area contributed by atoms with Gasteiger partial charge < -0.3 is 15.2 Å². The predicted octanol–water partition coefficient (Wildman–Crippen LogP) is 0.0543. The minimum atomic E-state index is -0.225. The van der Waals surface area contributed by atoms with Crippen molar-refractivity contribution in [2.24, 2.45) is 0 Å². The van der Waals surface area contributed by atoms with Gasteiger partial charge in [0.25, 0.3) is 0 Å². The smallest absolute Gasteiger partial charge is 0.102 e. The summed E-state index contributed by atoms with van der Waals surface area (Å²) in [5, 5.41) is 12.6. The van der Waals surface area contributed by atoms with E-state index in [2.05, 4.69) is 17.5 Å². The molecule has 2 aliphatic rings. The number of fused-ring (bicyclic) bond motifs is 2. The number of nitrogens with one attached hydrogen (secondary N) is 1. The van der Waals surface area contributed by atoms with Crippen LogP contribution < -0.4 is 5.32 Å². The molecule has 0 unspecified atom stereocenters. The van der Waals surface area contributed by atoms with Crippen LogP contribution in [0, 0.1) is 0 Å². The molecule has 3 nitrogen and oxygen atoms in total. The number of hydrogen-bond donors (Lipinski definition) is 2. The van der Waals surface area contributed by atoms with Crippen molar-refractivity contribution >= 4 is 0 Å². The van der Waals surface area contributed by atoms with Gasteiger partial charge in [0.15, 0.2) is 0 Å². The van der Waals surface area contributed by atoms with Crippen LogP contribution in [0.3, 0.4) is 0 Å². The highest BCUT2D eigenvalue weighted by Crippen LogP contribution is 2.35. The van der Waals surface area contributed by atoms with Crippen molar-refractivity contribution in [3.05, 3.63) is 12.2 Å². The number of aliphatic hydroxyl groups excluding tert-OH is 1. The molecule has 2 bridgehead atoms. The molecule has 2 rings (SSSR count). The standard InChI is InChI=1S/C9H15NO2/c1-10-6-9-3-2-8(12-9)4-7(11)5-9/h2-3,7-8,10-11H,4-6H2,1H3/t7-,8-,9-/m0/s1.